The first kappa shape index (κ1) is 14.6. The van der Waals surface area contributed by atoms with Crippen molar-refractivity contribution in [3.05, 3.63) is 46.5 Å². The lowest BCUT2D eigenvalue weighted by atomic mass is 10.0. The zero-order valence-corrected chi connectivity index (χ0v) is 12.3. The monoisotopic (exact) mass is 299 g/mol. The van der Waals surface area contributed by atoms with E-state index in [9.17, 15) is 8.42 Å². The van der Waals surface area contributed by atoms with E-state index in [-0.39, 0.29) is 5.75 Å². The number of nitrogens with one attached hydrogen (secondary N) is 1. The van der Waals surface area contributed by atoms with Gasteiger partial charge in [-0.05, 0) is 43.4 Å². The van der Waals surface area contributed by atoms with Gasteiger partial charge in [0.1, 0.15) is 0 Å². The van der Waals surface area contributed by atoms with Gasteiger partial charge in [0.25, 0.3) is 0 Å². The molecule has 0 amide bonds. The molecule has 5 heteroatoms. The van der Waals surface area contributed by atoms with Crippen LogP contribution in [0.15, 0.2) is 35.9 Å². The highest BCUT2D eigenvalue weighted by molar-refractivity contribution is 7.88. The molecule has 2 rings (SSSR count). The molecule has 0 unspecified atom stereocenters. The summed E-state index contributed by atoms with van der Waals surface area (Å²) in [7, 11) is -3.28. The molecule has 1 aromatic carbocycles. The lowest BCUT2D eigenvalue weighted by molar-refractivity contribution is 0.581. The van der Waals surface area contributed by atoms with Gasteiger partial charge in [-0.2, -0.15) is 0 Å². The number of halogens is 1. The second-order valence-corrected chi connectivity index (χ2v) is 7.06. The summed E-state index contributed by atoms with van der Waals surface area (Å²) in [6.45, 7) is 0.440. The maximum atomic E-state index is 12.0. The molecule has 0 fully saturated rings. The summed E-state index contributed by atoms with van der Waals surface area (Å²) in [5.41, 5.74) is 1.94. The summed E-state index contributed by atoms with van der Waals surface area (Å²) in [6, 6.07) is 6.88. The van der Waals surface area contributed by atoms with Gasteiger partial charge in [-0.25, -0.2) is 13.1 Å². The molecule has 0 saturated carbocycles. The fourth-order valence-electron chi connectivity index (χ4n) is 2.12. The van der Waals surface area contributed by atoms with Crippen molar-refractivity contribution < 1.29 is 8.42 Å². The summed E-state index contributed by atoms with van der Waals surface area (Å²) in [5.74, 6) is -0.00253. The molecule has 1 aliphatic carbocycles. The van der Waals surface area contributed by atoms with Crippen LogP contribution in [-0.2, 0) is 15.8 Å². The molecule has 0 bridgehead atoms. The summed E-state index contributed by atoms with van der Waals surface area (Å²) in [4.78, 5) is 0. The van der Waals surface area contributed by atoms with Gasteiger partial charge >= 0.3 is 0 Å². The first-order valence-electron chi connectivity index (χ1n) is 6.45. The molecule has 0 aliphatic heterocycles. The predicted octanol–water partition coefficient (Wildman–Crippen LogP) is 3.26. The average molecular weight is 300 g/mol. The normalized spacial score (nSPS) is 16.2. The zero-order chi connectivity index (χ0) is 13.7. The molecule has 0 atom stereocenters. The van der Waals surface area contributed by atoms with Crippen LogP contribution in [0.5, 0.6) is 0 Å². The molecule has 1 aliphatic rings. The van der Waals surface area contributed by atoms with Crippen molar-refractivity contribution in [2.75, 3.05) is 6.54 Å². The molecule has 0 saturated heterocycles. The molecule has 19 heavy (non-hydrogen) atoms. The lowest BCUT2D eigenvalue weighted by Crippen LogP contribution is -2.27. The first-order valence-corrected chi connectivity index (χ1v) is 8.48. The molecule has 0 aromatic heterocycles. The highest BCUT2D eigenvalue weighted by Gasteiger charge is 2.12. The third-order valence-corrected chi connectivity index (χ3v) is 4.72. The third kappa shape index (κ3) is 4.97. The second kappa shape index (κ2) is 6.55. The van der Waals surface area contributed by atoms with Gasteiger partial charge in [0.15, 0.2) is 0 Å². The number of allylic oxidation sites excluding steroid dienone is 1. The zero-order valence-electron chi connectivity index (χ0n) is 10.7. The van der Waals surface area contributed by atoms with E-state index < -0.39 is 10.0 Å². The van der Waals surface area contributed by atoms with E-state index in [2.05, 4.69) is 10.8 Å². The van der Waals surface area contributed by atoms with E-state index in [1.165, 1.54) is 12.0 Å². The lowest BCUT2D eigenvalue weighted by Gasteiger charge is -2.13. The number of hydrogen-bond donors (Lipinski definition) is 1. The van der Waals surface area contributed by atoms with Crippen molar-refractivity contribution in [3.63, 3.8) is 0 Å². The summed E-state index contributed by atoms with van der Waals surface area (Å²) in [5, 5.41) is 0.612. The Balaban J connectivity index is 1.91. The first-order chi connectivity index (χ1) is 9.05. The quantitative estimate of drug-likeness (QED) is 0.848. The number of hydrogen-bond acceptors (Lipinski definition) is 2. The van der Waals surface area contributed by atoms with Gasteiger partial charge in [0.05, 0.1) is 5.75 Å². The van der Waals surface area contributed by atoms with Crippen LogP contribution in [0.3, 0.4) is 0 Å². The number of sulfonamides is 1. The molecule has 3 nitrogen and oxygen atoms in total. The van der Waals surface area contributed by atoms with E-state index in [4.69, 9.17) is 11.6 Å². The van der Waals surface area contributed by atoms with Crippen LogP contribution in [0.2, 0.25) is 5.02 Å². The van der Waals surface area contributed by atoms with Crippen molar-refractivity contribution >= 4 is 21.6 Å². The van der Waals surface area contributed by atoms with Crippen LogP contribution < -0.4 is 4.72 Å². The molecule has 1 N–H and O–H groups in total. The van der Waals surface area contributed by atoms with Gasteiger partial charge in [-0.1, -0.05) is 35.4 Å². The van der Waals surface area contributed by atoms with Crippen molar-refractivity contribution in [3.8, 4) is 0 Å². The topological polar surface area (TPSA) is 46.2 Å². The Morgan fingerprint density at radius 2 is 1.89 bits per heavy atom. The maximum Gasteiger partial charge on any atom is 0.216 e. The standard InChI is InChI=1S/C14H18ClNO2S/c15-14-8-6-13(7-9-14)11-19(17,18)16-10-12-4-2-1-3-5-12/h4,6-9,16H,1-3,5,10-11H2. The third-order valence-electron chi connectivity index (χ3n) is 3.17. The summed E-state index contributed by atoms with van der Waals surface area (Å²) in [6.07, 6.45) is 6.58. The van der Waals surface area contributed by atoms with Crippen LogP contribution in [0.1, 0.15) is 31.2 Å². The molecule has 0 heterocycles. The summed E-state index contributed by atoms with van der Waals surface area (Å²) < 4.78 is 26.6. The van der Waals surface area contributed by atoms with Gasteiger partial charge < -0.3 is 0 Å². The number of benzene rings is 1. The molecule has 1 aromatic rings. The predicted molar refractivity (Wildman–Crippen MR) is 78.6 cm³/mol. The minimum Gasteiger partial charge on any atom is -0.212 e. The van der Waals surface area contributed by atoms with Crippen molar-refractivity contribution in [1.82, 2.24) is 4.72 Å². The van der Waals surface area contributed by atoms with E-state index in [1.54, 1.807) is 24.3 Å². The Hall–Kier alpha value is -0.840. The Morgan fingerprint density at radius 3 is 2.53 bits per heavy atom. The molecule has 104 valence electrons. The van der Waals surface area contributed by atoms with Crippen LogP contribution in [-0.4, -0.2) is 15.0 Å². The molecule has 0 spiro atoms. The van der Waals surface area contributed by atoms with Crippen molar-refractivity contribution in [2.24, 2.45) is 0 Å². The van der Waals surface area contributed by atoms with Crippen LogP contribution in [0.25, 0.3) is 0 Å². The van der Waals surface area contributed by atoms with E-state index in [0.29, 0.717) is 11.6 Å². The minimum absolute atomic E-state index is 0.00253. The highest BCUT2D eigenvalue weighted by atomic mass is 35.5. The van der Waals surface area contributed by atoms with Crippen molar-refractivity contribution in [1.29, 1.82) is 0 Å². The van der Waals surface area contributed by atoms with Crippen molar-refractivity contribution in [2.45, 2.75) is 31.4 Å². The Morgan fingerprint density at radius 1 is 1.16 bits per heavy atom. The largest absolute Gasteiger partial charge is 0.216 e. The van der Waals surface area contributed by atoms with Gasteiger partial charge in [-0.15, -0.1) is 0 Å². The van der Waals surface area contributed by atoms with Crippen LogP contribution in [0.4, 0.5) is 0 Å². The minimum atomic E-state index is -3.28. The Bertz CT molecular complexity index is 549. The van der Waals surface area contributed by atoms with Crippen LogP contribution >= 0.6 is 11.6 Å². The number of rotatable bonds is 5. The highest BCUT2D eigenvalue weighted by Crippen LogP contribution is 2.17. The SMILES string of the molecule is O=S(=O)(Cc1ccc(Cl)cc1)NCC1=CCCCC1. The van der Waals surface area contributed by atoms with Gasteiger partial charge in [-0.3, -0.25) is 0 Å². The van der Waals surface area contributed by atoms with Gasteiger partial charge in [0, 0.05) is 11.6 Å². The second-order valence-electron chi connectivity index (χ2n) is 4.81. The van der Waals surface area contributed by atoms with Crippen LogP contribution in [0, 0.1) is 0 Å². The Labute approximate surface area is 119 Å². The smallest absolute Gasteiger partial charge is 0.212 e. The molecule has 0 radical (unpaired) electrons. The molecular formula is C14H18ClNO2S. The van der Waals surface area contributed by atoms with E-state index in [1.807, 2.05) is 0 Å². The van der Waals surface area contributed by atoms with E-state index in [0.717, 1.165) is 24.8 Å². The summed E-state index contributed by atoms with van der Waals surface area (Å²) >= 11 is 5.77. The average Bonchev–Trinajstić information content (AvgIpc) is 2.40. The van der Waals surface area contributed by atoms with E-state index >= 15 is 0 Å². The maximum absolute atomic E-state index is 12.0. The fourth-order valence-corrected chi connectivity index (χ4v) is 3.38. The molecular weight excluding hydrogens is 282 g/mol. The Kier molecular flexibility index (Phi) is 5.02. The fraction of sp³-hybridized carbons (Fsp3) is 0.429. The van der Waals surface area contributed by atoms with Gasteiger partial charge in [0.2, 0.25) is 10.0 Å².